The Balaban J connectivity index is 2.23. The van der Waals surface area contributed by atoms with Gasteiger partial charge in [-0.1, -0.05) is 12.1 Å². The molecule has 96 valence electrons. The molecule has 6 heteroatoms. The van der Waals surface area contributed by atoms with Gasteiger partial charge in [0.25, 0.3) is 0 Å². The van der Waals surface area contributed by atoms with Gasteiger partial charge in [0.1, 0.15) is 5.75 Å². The maximum absolute atomic E-state index is 11.6. The van der Waals surface area contributed by atoms with Crippen LogP contribution in [-0.2, 0) is 19.0 Å². The first kappa shape index (κ1) is 12.6. The first-order valence-electron chi connectivity index (χ1n) is 5.24. The lowest BCUT2D eigenvalue weighted by Gasteiger charge is -2.14. The van der Waals surface area contributed by atoms with Gasteiger partial charge in [-0.15, -0.1) is 0 Å². The Morgan fingerprint density at radius 1 is 1.22 bits per heavy atom. The summed E-state index contributed by atoms with van der Waals surface area (Å²) < 4.78 is 20.2. The van der Waals surface area contributed by atoms with E-state index >= 15 is 0 Å². The van der Waals surface area contributed by atoms with Crippen LogP contribution in [0, 0.1) is 0 Å². The minimum absolute atomic E-state index is 0.0498. The van der Waals surface area contributed by atoms with E-state index in [2.05, 4.69) is 4.74 Å². The summed E-state index contributed by atoms with van der Waals surface area (Å²) in [5.74, 6) is 0.200. The number of rotatable bonds is 3. The summed E-state index contributed by atoms with van der Waals surface area (Å²) in [5, 5.41) is -0.0498. The minimum atomic E-state index is -0.865. The lowest BCUT2D eigenvalue weighted by Crippen LogP contribution is -2.27. The third kappa shape index (κ3) is 2.38. The van der Waals surface area contributed by atoms with Gasteiger partial charge in [0.05, 0.1) is 14.2 Å². The normalized spacial score (nSPS) is 22.0. The number of carbonyl (C=O) groups excluding carboxylic acids is 1. The molecule has 1 aliphatic rings. The average Bonchev–Trinajstić information content (AvgIpc) is 2.80. The second-order valence-corrected chi connectivity index (χ2v) is 3.96. The molecule has 1 saturated heterocycles. The van der Waals surface area contributed by atoms with Crippen molar-refractivity contribution in [3.63, 3.8) is 0 Å². The maximum Gasteiger partial charge on any atom is 0.354 e. The fourth-order valence-electron chi connectivity index (χ4n) is 1.68. The van der Waals surface area contributed by atoms with Crippen LogP contribution in [0.5, 0.6) is 5.75 Å². The lowest BCUT2D eigenvalue weighted by atomic mass is 10.0. The second kappa shape index (κ2) is 5.22. The Bertz CT molecular complexity index is 456. The summed E-state index contributed by atoms with van der Waals surface area (Å²) >= 11 is 4.81. The third-order valence-corrected chi connectivity index (χ3v) is 2.79. The molecule has 5 nitrogen and oxygen atoms in total. The van der Waals surface area contributed by atoms with Crippen molar-refractivity contribution in [2.75, 3.05) is 14.2 Å². The maximum atomic E-state index is 11.6. The topological polar surface area (TPSA) is 54.0 Å². The smallest absolute Gasteiger partial charge is 0.354 e. The van der Waals surface area contributed by atoms with Crippen molar-refractivity contribution in [3.8, 4) is 5.75 Å². The molecule has 0 amide bonds. The van der Waals surface area contributed by atoms with E-state index < -0.39 is 18.2 Å². The van der Waals surface area contributed by atoms with Crippen LogP contribution in [0.4, 0.5) is 0 Å². The van der Waals surface area contributed by atoms with Crippen molar-refractivity contribution in [2.45, 2.75) is 12.2 Å². The number of methoxy groups -OCH3 is 2. The minimum Gasteiger partial charge on any atom is -0.497 e. The number of esters is 1. The van der Waals surface area contributed by atoms with Gasteiger partial charge in [-0.2, -0.15) is 0 Å². The van der Waals surface area contributed by atoms with Gasteiger partial charge in [-0.3, -0.25) is 0 Å². The van der Waals surface area contributed by atoms with Crippen LogP contribution < -0.4 is 4.74 Å². The van der Waals surface area contributed by atoms with E-state index in [9.17, 15) is 4.79 Å². The number of hydrogen-bond acceptors (Lipinski definition) is 6. The molecule has 0 saturated carbocycles. The summed E-state index contributed by atoms with van der Waals surface area (Å²) in [4.78, 5) is 11.6. The molecule has 0 radical (unpaired) electrons. The van der Waals surface area contributed by atoms with Gasteiger partial charge in [-0.25, -0.2) is 4.79 Å². The van der Waals surface area contributed by atoms with Gasteiger partial charge in [0, 0.05) is 12.2 Å². The van der Waals surface area contributed by atoms with E-state index in [0.717, 1.165) is 11.3 Å². The predicted octanol–water partition coefficient (Wildman–Crippen LogP) is 1.61. The molecular formula is C12H12O5S. The summed E-state index contributed by atoms with van der Waals surface area (Å²) in [6, 6.07) is 7.12. The third-order valence-electron chi connectivity index (χ3n) is 2.60. The van der Waals surface area contributed by atoms with Crippen molar-refractivity contribution < 1.29 is 23.7 Å². The zero-order valence-electron chi connectivity index (χ0n) is 9.91. The predicted molar refractivity (Wildman–Crippen MR) is 66.3 cm³/mol. The molecule has 0 aromatic heterocycles. The molecule has 2 unspecified atom stereocenters. The van der Waals surface area contributed by atoms with Crippen molar-refractivity contribution in [1.29, 1.82) is 0 Å². The van der Waals surface area contributed by atoms with Crippen molar-refractivity contribution in [3.05, 3.63) is 29.8 Å². The highest BCUT2D eigenvalue weighted by molar-refractivity contribution is 7.79. The first-order valence-corrected chi connectivity index (χ1v) is 5.65. The van der Waals surface area contributed by atoms with E-state index in [4.69, 9.17) is 26.4 Å². The molecule has 1 fully saturated rings. The van der Waals surface area contributed by atoms with E-state index in [-0.39, 0.29) is 5.24 Å². The second-order valence-electron chi connectivity index (χ2n) is 3.62. The van der Waals surface area contributed by atoms with Crippen LogP contribution in [0.3, 0.4) is 0 Å². The SMILES string of the molecule is COC(=O)C1OC(=S)OC1c1ccc(OC)cc1. The fourth-order valence-corrected chi connectivity index (χ4v) is 1.89. The summed E-state index contributed by atoms with van der Waals surface area (Å²) in [5.41, 5.74) is 0.769. The molecule has 2 atom stereocenters. The molecule has 0 N–H and O–H groups in total. The Kier molecular flexibility index (Phi) is 3.66. The molecule has 1 aliphatic heterocycles. The van der Waals surface area contributed by atoms with Crippen molar-refractivity contribution in [2.24, 2.45) is 0 Å². The molecule has 0 aliphatic carbocycles. The zero-order valence-corrected chi connectivity index (χ0v) is 10.7. The van der Waals surface area contributed by atoms with Crippen LogP contribution in [0.15, 0.2) is 24.3 Å². The van der Waals surface area contributed by atoms with Gasteiger partial charge in [0.2, 0.25) is 6.10 Å². The van der Waals surface area contributed by atoms with Crippen LogP contribution in [0.25, 0.3) is 0 Å². The highest BCUT2D eigenvalue weighted by atomic mass is 32.1. The molecule has 0 spiro atoms. The number of thiocarbonyl (C=S) groups is 1. The van der Waals surface area contributed by atoms with Gasteiger partial charge in [0.15, 0.2) is 6.10 Å². The van der Waals surface area contributed by atoms with E-state index in [1.165, 1.54) is 7.11 Å². The molecule has 2 rings (SSSR count). The van der Waals surface area contributed by atoms with Crippen molar-refractivity contribution >= 4 is 23.4 Å². The molecule has 0 bridgehead atoms. The molecule has 1 aromatic carbocycles. The Hall–Kier alpha value is -1.82. The highest BCUT2D eigenvalue weighted by Crippen LogP contribution is 2.31. The summed E-state index contributed by atoms with van der Waals surface area (Å²) in [7, 11) is 2.87. The van der Waals surface area contributed by atoms with Crippen molar-refractivity contribution in [1.82, 2.24) is 0 Å². The van der Waals surface area contributed by atoms with Crippen LogP contribution in [0.2, 0.25) is 0 Å². The largest absolute Gasteiger partial charge is 0.497 e. The van der Waals surface area contributed by atoms with Gasteiger partial charge < -0.3 is 18.9 Å². The van der Waals surface area contributed by atoms with E-state index in [0.29, 0.717) is 0 Å². The monoisotopic (exact) mass is 268 g/mol. The Morgan fingerprint density at radius 2 is 1.89 bits per heavy atom. The molecular weight excluding hydrogens is 256 g/mol. The van der Waals surface area contributed by atoms with E-state index in [1.54, 1.807) is 31.4 Å². The van der Waals surface area contributed by atoms with Crippen LogP contribution in [0.1, 0.15) is 11.7 Å². The number of carbonyl (C=O) groups is 1. The standard InChI is InChI=1S/C12H12O5S/c1-14-8-5-3-7(4-6-8)9-10(11(13)15-2)17-12(18)16-9/h3-6,9-10H,1-2H3. The highest BCUT2D eigenvalue weighted by Gasteiger charge is 2.41. The lowest BCUT2D eigenvalue weighted by molar-refractivity contribution is -0.150. The summed E-state index contributed by atoms with van der Waals surface area (Å²) in [6.07, 6.45) is -1.45. The van der Waals surface area contributed by atoms with Crippen LogP contribution >= 0.6 is 12.2 Å². The van der Waals surface area contributed by atoms with Gasteiger partial charge in [-0.05, 0) is 17.7 Å². The van der Waals surface area contributed by atoms with Gasteiger partial charge >= 0.3 is 11.2 Å². The Morgan fingerprint density at radius 3 is 2.44 bits per heavy atom. The fraction of sp³-hybridized carbons (Fsp3) is 0.333. The summed E-state index contributed by atoms with van der Waals surface area (Å²) in [6.45, 7) is 0. The quantitative estimate of drug-likeness (QED) is 0.613. The van der Waals surface area contributed by atoms with E-state index in [1.807, 2.05) is 0 Å². The number of hydrogen-bond donors (Lipinski definition) is 0. The first-order chi connectivity index (χ1) is 8.65. The van der Waals surface area contributed by atoms with Crippen LogP contribution in [-0.4, -0.2) is 31.5 Å². The number of ether oxygens (including phenoxy) is 4. The zero-order chi connectivity index (χ0) is 13.1. The molecule has 1 heterocycles. The average molecular weight is 268 g/mol. The molecule has 1 aromatic rings. The Labute approximate surface area is 110 Å². The molecule has 18 heavy (non-hydrogen) atoms. The number of benzene rings is 1.